The number of nitrogens with zero attached hydrogens (tertiary/aromatic N) is 3. The number of hydrogen-bond donors (Lipinski definition) is 1. The molecule has 3 unspecified atom stereocenters. The lowest BCUT2D eigenvalue weighted by Crippen LogP contribution is -2.33. The number of rotatable bonds is 5. The summed E-state index contributed by atoms with van der Waals surface area (Å²) in [5.41, 5.74) is 1.47. The number of carbonyl (C=O) groups is 1. The van der Waals surface area contributed by atoms with Crippen molar-refractivity contribution in [2.45, 2.75) is 36.7 Å². The summed E-state index contributed by atoms with van der Waals surface area (Å²) in [6.07, 6.45) is 5.77. The van der Waals surface area contributed by atoms with Gasteiger partial charge in [-0.25, -0.2) is 0 Å². The molecule has 1 amide bonds. The zero-order valence-electron chi connectivity index (χ0n) is 15.5. The lowest BCUT2D eigenvalue weighted by molar-refractivity contribution is 0.0735. The quantitative estimate of drug-likeness (QED) is 0.873. The summed E-state index contributed by atoms with van der Waals surface area (Å²) in [5, 5.41) is 7.88. The molecule has 0 spiro atoms. The molecule has 3 atom stereocenters. The van der Waals surface area contributed by atoms with Gasteiger partial charge >= 0.3 is 0 Å². The first kappa shape index (κ1) is 18.8. The van der Waals surface area contributed by atoms with Crippen molar-refractivity contribution >= 4 is 16.7 Å². The Kier molecular flexibility index (Phi) is 5.88. The van der Waals surface area contributed by atoms with Crippen molar-refractivity contribution in [1.29, 1.82) is 0 Å². The predicted molar refractivity (Wildman–Crippen MR) is 103 cm³/mol. The van der Waals surface area contributed by atoms with Crippen molar-refractivity contribution in [1.82, 2.24) is 20.0 Å². The number of amides is 1. The van der Waals surface area contributed by atoms with Crippen LogP contribution in [0.1, 0.15) is 47.9 Å². The normalized spacial score (nSPS) is 19.7. The lowest BCUT2D eigenvalue weighted by Gasteiger charge is -2.25. The Morgan fingerprint density at radius 1 is 1.35 bits per heavy atom. The van der Waals surface area contributed by atoms with Crippen molar-refractivity contribution in [3.63, 3.8) is 0 Å². The summed E-state index contributed by atoms with van der Waals surface area (Å²) in [4.78, 5) is 15.3. The first-order chi connectivity index (χ1) is 12.5. The van der Waals surface area contributed by atoms with E-state index in [2.05, 4.69) is 10.4 Å². The minimum absolute atomic E-state index is 0.0941. The fraction of sp³-hybridized carbons (Fsp3) is 0.474. The van der Waals surface area contributed by atoms with Crippen LogP contribution >= 0.6 is 0 Å². The Morgan fingerprint density at radius 3 is 2.69 bits per heavy atom. The summed E-state index contributed by atoms with van der Waals surface area (Å²) >= 11 is 0. The lowest BCUT2D eigenvalue weighted by atomic mass is 10.1. The van der Waals surface area contributed by atoms with E-state index < -0.39 is 10.8 Å². The molecule has 7 heteroatoms. The van der Waals surface area contributed by atoms with Crippen LogP contribution in [0.25, 0.3) is 0 Å². The van der Waals surface area contributed by atoms with Crippen LogP contribution in [0.3, 0.4) is 0 Å². The highest BCUT2D eigenvalue weighted by molar-refractivity contribution is 7.84. The molecule has 1 N–H and O–H groups in total. The summed E-state index contributed by atoms with van der Waals surface area (Å²) in [6.45, 7) is 3.93. The average molecular weight is 375 g/mol. The van der Waals surface area contributed by atoms with Crippen molar-refractivity contribution in [2.24, 2.45) is 0 Å². The average Bonchev–Trinajstić information content (AvgIpc) is 3.17. The van der Waals surface area contributed by atoms with Gasteiger partial charge < -0.3 is 10.2 Å². The maximum atomic E-state index is 12.8. The monoisotopic (exact) mass is 374 g/mol. The molecule has 1 aromatic carbocycles. The number of aromatic nitrogens is 2. The summed E-state index contributed by atoms with van der Waals surface area (Å²) < 4.78 is 13.4. The molecular weight excluding hydrogens is 348 g/mol. The van der Waals surface area contributed by atoms with Gasteiger partial charge in [0.05, 0.1) is 12.1 Å². The van der Waals surface area contributed by atoms with Crippen molar-refractivity contribution in [3.05, 3.63) is 47.8 Å². The Bertz CT molecular complexity index is 781. The van der Waals surface area contributed by atoms with Gasteiger partial charge in [0, 0.05) is 41.7 Å². The van der Waals surface area contributed by atoms with Crippen molar-refractivity contribution < 1.29 is 9.00 Å². The Labute approximate surface area is 157 Å². The highest BCUT2D eigenvalue weighted by Gasteiger charge is 2.23. The third-order valence-electron chi connectivity index (χ3n) is 5.07. The first-order valence-electron chi connectivity index (χ1n) is 8.94. The number of hydrogen-bond acceptors (Lipinski definition) is 4. The van der Waals surface area contributed by atoms with Crippen molar-refractivity contribution in [3.8, 4) is 0 Å². The van der Waals surface area contributed by atoms with Crippen LogP contribution in [-0.2, 0) is 10.8 Å². The zero-order chi connectivity index (χ0) is 18.7. The van der Waals surface area contributed by atoms with Crippen LogP contribution in [-0.4, -0.2) is 51.2 Å². The number of benzene rings is 1. The molecule has 6 nitrogen and oxygen atoms in total. The summed E-state index contributed by atoms with van der Waals surface area (Å²) in [5.74, 6) is -0.0943. The van der Waals surface area contributed by atoms with Gasteiger partial charge in [-0.15, -0.1) is 0 Å². The van der Waals surface area contributed by atoms with E-state index >= 15 is 0 Å². The zero-order valence-corrected chi connectivity index (χ0v) is 16.3. The number of nitrogens with one attached hydrogen (secondary N) is 1. The molecule has 26 heavy (non-hydrogen) atoms. The minimum Gasteiger partial charge on any atom is -0.334 e. The topological polar surface area (TPSA) is 67.2 Å². The van der Waals surface area contributed by atoms with Crippen LogP contribution in [0.4, 0.5) is 0 Å². The van der Waals surface area contributed by atoms with E-state index in [-0.39, 0.29) is 11.9 Å². The molecule has 1 aromatic heterocycles. The van der Waals surface area contributed by atoms with E-state index in [1.54, 1.807) is 24.3 Å². The van der Waals surface area contributed by atoms with Crippen molar-refractivity contribution in [2.75, 3.05) is 26.4 Å². The molecule has 2 heterocycles. The van der Waals surface area contributed by atoms with E-state index in [0.717, 1.165) is 36.4 Å². The molecule has 1 fully saturated rings. The standard InChI is InChI=1S/C19H26N4O2S/c1-14(15-6-8-17(9-7-15)26(3)25)22(2)19(24)18-10-12-23(21-18)16-5-4-11-20-13-16/h6-10,12,14,16,20H,4-5,11,13H2,1-3H3. The molecule has 1 aliphatic rings. The van der Waals surface area contributed by atoms with Crippen LogP contribution in [0, 0.1) is 0 Å². The molecule has 1 aliphatic heterocycles. The Morgan fingerprint density at radius 2 is 2.08 bits per heavy atom. The Hall–Kier alpha value is -1.99. The van der Waals surface area contributed by atoms with Gasteiger partial charge in [0.25, 0.3) is 5.91 Å². The minimum atomic E-state index is -0.998. The van der Waals surface area contributed by atoms with E-state index in [1.165, 1.54) is 0 Å². The predicted octanol–water partition coefficient (Wildman–Crippen LogP) is 2.38. The van der Waals surface area contributed by atoms with Gasteiger partial charge in [0.1, 0.15) is 5.69 Å². The van der Waals surface area contributed by atoms with E-state index in [4.69, 9.17) is 0 Å². The second-order valence-corrected chi connectivity index (χ2v) is 8.18. The highest BCUT2D eigenvalue weighted by Crippen LogP contribution is 2.22. The second-order valence-electron chi connectivity index (χ2n) is 6.80. The number of piperidine rings is 1. The van der Waals surface area contributed by atoms with Crippen LogP contribution < -0.4 is 5.32 Å². The number of carbonyl (C=O) groups excluding carboxylic acids is 1. The molecule has 2 aromatic rings. The highest BCUT2D eigenvalue weighted by atomic mass is 32.2. The molecule has 0 radical (unpaired) electrons. The smallest absolute Gasteiger partial charge is 0.274 e. The molecule has 1 saturated heterocycles. The van der Waals surface area contributed by atoms with E-state index in [9.17, 15) is 9.00 Å². The Balaban J connectivity index is 1.70. The molecule has 3 rings (SSSR count). The first-order valence-corrected chi connectivity index (χ1v) is 10.5. The van der Waals surface area contributed by atoms with Crippen LogP contribution in [0.2, 0.25) is 0 Å². The SMILES string of the molecule is CC(c1ccc(S(C)=O)cc1)N(C)C(=O)c1ccn(C2CCCNC2)n1. The van der Waals surface area contributed by atoms with Crippen LogP contribution in [0.15, 0.2) is 41.4 Å². The third-order valence-corrected chi connectivity index (χ3v) is 6.00. The van der Waals surface area contributed by atoms with Gasteiger partial charge in [-0.2, -0.15) is 5.10 Å². The van der Waals surface area contributed by atoms with Gasteiger partial charge in [-0.3, -0.25) is 13.7 Å². The summed E-state index contributed by atoms with van der Waals surface area (Å²) in [7, 11) is 0.794. The van der Waals surface area contributed by atoms with E-state index in [1.807, 2.05) is 42.1 Å². The largest absolute Gasteiger partial charge is 0.334 e. The fourth-order valence-electron chi connectivity index (χ4n) is 3.23. The molecule has 0 saturated carbocycles. The molecule has 140 valence electrons. The van der Waals surface area contributed by atoms with Gasteiger partial charge in [0.2, 0.25) is 0 Å². The third kappa shape index (κ3) is 4.04. The van der Waals surface area contributed by atoms with E-state index in [0.29, 0.717) is 11.7 Å². The van der Waals surface area contributed by atoms with Crippen LogP contribution in [0.5, 0.6) is 0 Å². The van der Waals surface area contributed by atoms with Gasteiger partial charge in [-0.1, -0.05) is 12.1 Å². The summed E-state index contributed by atoms with van der Waals surface area (Å²) in [6, 6.07) is 9.58. The fourth-order valence-corrected chi connectivity index (χ4v) is 3.75. The second kappa shape index (κ2) is 8.14. The molecule has 0 bridgehead atoms. The van der Waals surface area contributed by atoms with Gasteiger partial charge in [-0.05, 0) is 50.1 Å². The molecular formula is C19H26N4O2S. The molecule has 0 aliphatic carbocycles. The maximum Gasteiger partial charge on any atom is 0.274 e. The van der Waals surface area contributed by atoms with Gasteiger partial charge in [0.15, 0.2) is 0 Å². The maximum absolute atomic E-state index is 12.8.